The van der Waals surface area contributed by atoms with Crippen LogP contribution in [0.1, 0.15) is 31.1 Å². The standard InChI is InChI=1S/C16H20N4O2/c1-16(2,3)13(10-17)19-14(21)11-4-6-12(7-5-11)20-9-8-18-15(20)22/h4-7,13H,8-9H2,1-3H3,(H,18,22)(H,19,21). The van der Waals surface area contributed by atoms with Crippen molar-refractivity contribution in [3.05, 3.63) is 29.8 Å². The molecule has 1 fully saturated rings. The highest BCUT2D eigenvalue weighted by Crippen LogP contribution is 2.20. The number of carbonyl (C=O) groups excluding carboxylic acids is 2. The molecule has 0 radical (unpaired) electrons. The van der Waals surface area contributed by atoms with Crippen molar-refractivity contribution in [2.75, 3.05) is 18.0 Å². The second-order valence-electron chi connectivity index (χ2n) is 6.33. The van der Waals surface area contributed by atoms with E-state index < -0.39 is 6.04 Å². The first-order valence-corrected chi connectivity index (χ1v) is 7.19. The van der Waals surface area contributed by atoms with Crippen LogP contribution in [0.5, 0.6) is 0 Å². The molecule has 1 aromatic carbocycles. The number of amides is 3. The van der Waals surface area contributed by atoms with Gasteiger partial charge in [0.15, 0.2) is 0 Å². The van der Waals surface area contributed by atoms with Crippen LogP contribution in [-0.4, -0.2) is 31.1 Å². The number of urea groups is 1. The Morgan fingerprint density at radius 2 is 2.00 bits per heavy atom. The summed E-state index contributed by atoms with van der Waals surface area (Å²) in [4.78, 5) is 25.4. The Balaban J connectivity index is 2.09. The smallest absolute Gasteiger partial charge is 0.321 e. The van der Waals surface area contributed by atoms with Crippen molar-refractivity contribution in [2.45, 2.75) is 26.8 Å². The number of rotatable bonds is 3. The minimum Gasteiger partial charge on any atom is -0.336 e. The molecule has 1 atom stereocenters. The summed E-state index contributed by atoms with van der Waals surface area (Å²) in [5, 5.41) is 14.6. The third-order valence-electron chi connectivity index (χ3n) is 3.57. The predicted molar refractivity (Wildman–Crippen MR) is 83.5 cm³/mol. The lowest BCUT2D eigenvalue weighted by atomic mass is 9.87. The normalized spacial score (nSPS) is 15.9. The summed E-state index contributed by atoms with van der Waals surface area (Å²) in [6, 6.07) is 8.20. The van der Waals surface area contributed by atoms with Crippen LogP contribution in [0.15, 0.2) is 24.3 Å². The molecule has 1 saturated heterocycles. The van der Waals surface area contributed by atoms with Gasteiger partial charge >= 0.3 is 6.03 Å². The molecular weight excluding hydrogens is 280 g/mol. The molecule has 6 heteroatoms. The molecule has 0 aromatic heterocycles. The topological polar surface area (TPSA) is 85.2 Å². The highest BCUT2D eigenvalue weighted by atomic mass is 16.2. The molecule has 2 N–H and O–H groups in total. The first kappa shape index (κ1) is 15.8. The average Bonchev–Trinajstić information content (AvgIpc) is 2.89. The Hall–Kier alpha value is -2.55. The molecule has 1 unspecified atom stereocenters. The first-order valence-electron chi connectivity index (χ1n) is 7.19. The van der Waals surface area contributed by atoms with E-state index in [0.29, 0.717) is 18.7 Å². The number of carbonyl (C=O) groups is 2. The van der Waals surface area contributed by atoms with Gasteiger partial charge in [-0.15, -0.1) is 0 Å². The second kappa shape index (κ2) is 6.06. The van der Waals surface area contributed by atoms with Crippen LogP contribution in [0.25, 0.3) is 0 Å². The fraction of sp³-hybridized carbons (Fsp3) is 0.438. The molecule has 1 aromatic rings. The van der Waals surface area contributed by atoms with Crippen LogP contribution < -0.4 is 15.5 Å². The number of hydrogen-bond donors (Lipinski definition) is 2. The molecule has 0 spiro atoms. The average molecular weight is 300 g/mol. The zero-order chi connectivity index (χ0) is 16.3. The molecule has 3 amide bonds. The number of anilines is 1. The number of benzene rings is 1. The summed E-state index contributed by atoms with van der Waals surface area (Å²) >= 11 is 0. The van der Waals surface area contributed by atoms with E-state index in [0.717, 1.165) is 5.69 Å². The van der Waals surface area contributed by atoms with Crippen molar-refractivity contribution >= 4 is 17.6 Å². The molecular formula is C16H20N4O2. The van der Waals surface area contributed by atoms with Crippen molar-refractivity contribution in [3.63, 3.8) is 0 Å². The maximum absolute atomic E-state index is 12.2. The zero-order valence-corrected chi connectivity index (χ0v) is 13.0. The van der Waals surface area contributed by atoms with E-state index in [9.17, 15) is 9.59 Å². The number of nitrogens with one attached hydrogen (secondary N) is 2. The molecule has 2 rings (SSSR count). The number of hydrogen-bond acceptors (Lipinski definition) is 3. The lowest BCUT2D eigenvalue weighted by Crippen LogP contribution is -2.42. The van der Waals surface area contributed by atoms with Crippen LogP contribution in [0, 0.1) is 16.7 Å². The van der Waals surface area contributed by atoms with E-state index in [1.165, 1.54) is 0 Å². The fourth-order valence-electron chi connectivity index (χ4n) is 2.17. The second-order valence-corrected chi connectivity index (χ2v) is 6.33. The Kier molecular flexibility index (Phi) is 4.36. The van der Waals surface area contributed by atoms with Crippen LogP contribution in [-0.2, 0) is 0 Å². The van der Waals surface area contributed by atoms with Gasteiger partial charge in [0.1, 0.15) is 6.04 Å². The third kappa shape index (κ3) is 3.37. The van der Waals surface area contributed by atoms with Crippen molar-refractivity contribution < 1.29 is 9.59 Å². The summed E-state index contributed by atoms with van der Waals surface area (Å²) in [5.41, 5.74) is 0.880. The molecule has 1 aliphatic heterocycles. The molecule has 0 saturated carbocycles. The molecule has 0 bridgehead atoms. The molecule has 1 aliphatic rings. The Morgan fingerprint density at radius 3 is 2.45 bits per heavy atom. The van der Waals surface area contributed by atoms with Gasteiger partial charge in [0.25, 0.3) is 5.91 Å². The number of nitriles is 1. The number of nitrogens with zero attached hydrogens (tertiary/aromatic N) is 2. The van der Waals surface area contributed by atoms with Gasteiger partial charge in [-0.2, -0.15) is 5.26 Å². The monoisotopic (exact) mass is 300 g/mol. The Labute approximate surface area is 130 Å². The van der Waals surface area contributed by atoms with E-state index >= 15 is 0 Å². The van der Waals surface area contributed by atoms with Crippen LogP contribution in [0.4, 0.5) is 10.5 Å². The molecule has 6 nitrogen and oxygen atoms in total. The van der Waals surface area contributed by atoms with E-state index in [1.54, 1.807) is 29.2 Å². The lowest BCUT2D eigenvalue weighted by Gasteiger charge is -2.25. The highest BCUT2D eigenvalue weighted by Gasteiger charge is 2.26. The SMILES string of the molecule is CC(C)(C)C(C#N)NC(=O)c1ccc(N2CCNC2=O)cc1. The van der Waals surface area contributed by atoms with Crippen molar-refractivity contribution in [2.24, 2.45) is 5.41 Å². The van der Waals surface area contributed by atoms with Gasteiger partial charge < -0.3 is 10.6 Å². The van der Waals surface area contributed by atoms with E-state index in [1.807, 2.05) is 20.8 Å². The van der Waals surface area contributed by atoms with Gasteiger partial charge in [0, 0.05) is 24.3 Å². The van der Waals surface area contributed by atoms with Gasteiger partial charge in [0.2, 0.25) is 0 Å². The van der Waals surface area contributed by atoms with Crippen molar-refractivity contribution in [3.8, 4) is 6.07 Å². The van der Waals surface area contributed by atoms with Gasteiger partial charge in [-0.1, -0.05) is 20.8 Å². The van der Waals surface area contributed by atoms with Gasteiger partial charge in [-0.05, 0) is 29.7 Å². The van der Waals surface area contributed by atoms with Gasteiger partial charge in [0.05, 0.1) is 6.07 Å². The minimum atomic E-state index is -0.566. The van der Waals surface area contributed by atoms with Crippen molar-refractivity contribution in [1.82, 2.24) is 10.6 Å². The summed E-state index contributed by atoms with van der Waals surface area (Å²) in [6.45, 7) is 6.93. The highest BCUT2D eigenvalue weighted by molar-refractivity contribution is 5.97. The summed E-state index contributed by atoms with van der Waals surface area (Å²) in [7, 11) is 0. The molecule has 0 aliphatic carbocycles. The predicted octanol–water partition coefficient (Wildman–Crippen LogP) is 1.88. The van der Waals surface area contributed by atoms with E-state index in [-0.39, 0.29) is 17.4 Å². The van der Waals surface area contributed by atoms with Crippen LogP contribution in [0.3, 0.4) is 0 Å². The largest absolute Gasteiger partial charge is 0.336 e. The molecule has 22 heavy (non-hydrogen) atoms. The molecule has 1 heterocycles. The van der Waals surface area contributed by atoms with Crippen molar-refractivity contribution in [1.29, 1.82) is 5.26 Å². The van der Waals surface area contributed by atoms with Gasteiger partial charge in [-0.25, -0.2) is 4.79 Å². The minimum absolute atomic E-state index is 0.130. The maximum atomic E-state index is 12.2. The summed E-state index contributed by atoms with van der Waals surface area (Å²) in [5.74, 6) is -0.293. The Bertz CT molecular complexity index is 611. The first-order chi connectivity index (χ1) is 10.3. The zero-order valence-electron chi connectivity index (χ0n) is 13.0. The lowest BCUT2D eigenvalue weighted by molar-refractivity contribution is 0.0922. The van der Waals surface area contributed by atoms with Crippen LogP contribution >= 0.6 is 0 Å². The maximum Gasteiger partial charge on any atom is 0.321 e. The van der Waals surface area contributed by atoms with E-state index in [4.69, 9.17) is 5.26 Å². The Morgan fingerprint density at radius 1 is 1.36 bits per heavy atom. The van der Waals surface area contributed by atoms with Gasteiger partial charge in [-0.3, -0.25) is 9.69 Å². The quantitative estimate of drug-likeness (QED) is 0.893. The summed E-state index contributed by atoms with van der Waals surface area (Å²) in [6.07, 6.45) is 0. The fourth-order valence-corrected chi connectivity index (χ4v) is 2.17. The van der Waals surface area contributed by atoms with Crippen LogP contribution in [0.2, 0.25) is 0 Å². The summed E-state index contributed by atoms with van der Waals surface area (Å²) < 4.78 is 0. The third-order valence-corrected chi connectivity index (χ3v) is 3.57. The molecule has 116 valence electrons. The van der Waals surface area contributed by atoms with E-state index in [2.05, 4.69) is 16.7 Å².